The molecule has 8 heteroatoms. The van der Waals surface area contributed by atoms with Gasteiger partial charge in [-0.1, -0.05) is 12.1 Å². The van der Waals surface area contributed by atoms with Crippen LogP contribution < -0.4 is 10.6 Å². The Kier molecular flexibility index (Phi) is 5.53. The zero-order valence-electron chi connectivity index (χ0n) is 16.4. The number of nitrogens with one attached hydrogen (secondary N) is 2. The number of carbonyl (C=O) groups is 4. The molecule has 0 aliphatic carbocycles. The number of benzene rings is 2. The first-order valence-corrected chi connectivity index (χ1v) is 9.59. The Labute approximate surface area is 177 Å². The van der Waals surface area contributed by atoms with Crippen molar-refractivity contribution in [3.05, 3.63) is 89.7 Å². The highest BCUT2D eigenvalue weighted by atomic mass is 16.2. The van der Waals surface area contributed by atoms with Gasteiger partial charge in [0.05, 0.1) is 16.7 Å². The van der Waals surface area contributed by atoms with E-state index >= 15 is 0 Å². The van der Waals surface area contributed by atoms with Crippen molar-refractivity contribution >= 4 is 35.0 Å². The number of carbonyl (C=O) groups excluding carboxylic acids is 4. The van der Waals surface area contributed by atoms with Crippen molar-refractivity contribution in [2.24, 2.45) is 0 Å². The second-order valence-electron chi connectivity index (χ2n) is 6.88. The van der Waals surface area contributed by atoms with Gasteiger partial charge in [0.2, 0.25) is 5.91 Å². The van der Waals surface area contributed by atoms with Gasteiger partial charge in [-0.15, -0.1) is 0 Å². The fourth-order valence-corrected chi connectivity index (χ4v) is 3.22. The van der Waals surface area contributed by atoms with Crippen LogP contribution in [-0.4, -0.2) is 40.1 Å². The molecule has 1 aliphatic heterocycles. The molecular formula is C23H18N4O4. The molecule has 1 aliphatic rings. The zero-order valence-corrected chi connectivity index (χ0v) is 16.4. The predicted octanol–water partition coefficient (Wildman–Crippen LogP) is 2.96. The molecule has 0 unspecified atom stereocenters. The first kappa shape index (κ1) is 20.0. The summed E-state index contributed by atoms with van der Waals surface area (Å²) in [5.41, 5.74) is 2.26. The lowest BCUT2D eigenvalue weighted by Crippen LogP contribution is -2.32. The minimum Gasteiger partial charge on any atom is -0.326 e. The van der Waals surface area contributed by atoms with Crippen molar-refractivity contribution in [2.45, 2.75) is 6.42 Å². The van der Waals surface area contributed by atoms with Gasteiger partial charge >= 0.3 is 0 Å². The van der Waals surface area contributed by atoms with E-state index in [0.717, 1.165) is 4.90 Å². The van der Waals surface area contributed by atoms with E-state index in [-0.39, 0.29) is 36.6 Å². The Morgan fingerprint density at radius 3 is 2.00 bits per heavy atom. The first-order valence-electron chi connectivity index (χ1n) is 9.59. The molecule has 0 radical (unpaired) electrons. The average Bonchev–Trinajstić information content (AvgIpc) is 3.04. The van der Waals surface area contributed by atoms with Crippen molar-refractivity contribution in [1.29, 1.82) is 0 Å². The fourth-order valence-electron chi connectivity index (χ4n) is 3.22. The Morgan fingerprint density at radius 1 is 0.806 bits per heavy atom. The molecule has 0 saturated heterocycles. The molecule has 0 saturated carbocycles. The topological polar surface area (TPSA) is 108 Å². The van der Waals surface area contributed by atoms with Gasteiger partial charge in [0.25, 0.3) is 17.7 Å². The third kappa shape index (κ3) is 4.32. The van der Waals surface area contributed by atoms with Crippen LogP contribution in [0.5, 0.6) is 0 Å². The third-order valence-electron chi connectivity index (χ3n) is 4.79. The summed E-state index contributed by atoms with van der Waals surface area (Å²) >= 11 is 0. The summed E-state index contributed by atoms with van der Waals surface area (Å²) in [6.07, 6.45) is 3.03. The normalized spacial score (nSPS) is 12.5. The monoisotopic (exact) mass is 414 g/mol. The Bertz CT molecular complexity index is 1120. The molecule has 0 atom stereocenters. The minimum atomic E-state index is -0.387. The van der Waals surface area contributed by atoms with Gasteiger partial charge in [0, 0.05) is 36.7 Å². The number of amides is 4. The van der Waals surface area contributed by atoms with Crippen LogP contribution >= 0.6 is 0 Å². The average molecular weight is 414 g/mol. The molecule has 1 aromatic heterocycles. The van der Waals surface area contributed by atoms with Gasteiger partial charge in [-0.25, -0.2) is 0 Å². The molecule has 0 bridgehead atoms. The van der Waals surface area contributed by atoms with E-state index in [1.807, 2.05) is 0 Å². The maximum atomic E-state index is 12.3. The highest BCUT2D eigenvalue weighted by molar-refractivity contribution is 6.21. The summed E-state index contributed by atoms with van der Waals surface area (Å²) in [6, 6.07) is 16.6. The van der Waals surface area contributed by atoms with E-state index in [1.165, 1.54) is 6.20 Å². The van der Waals surface area contributed by atoms with Gasteiger partial charge in [0.1, 0.15) is 0 Å². The Hall–Kier alpha value is -4.33. The van der Waals surface area contributed by atoms with Gasteiger partial charge in [-0.2, -0.15) is 0 Å². The minimum absolute atomic E-state index is 0.00255. The SMILES string of the molecule is O=C(CCN1C(=O)c2ccccc2C1=O)Nc1ccc(NC(=O)c2cccnc2)cc1. The van der Waals surface area contributed by atoms with Crippen molar-refractivity contribution in [3.63, 3.8) is 0 Å². The summed E-state index contributed by atoms with van der Waals surface area (Å²) in [5.74, 6) is -1.39. The predicted molar refractivity (Wildman–Crippen MR) is 114 cm³/mol. The number of pyridine rings is 1. The summed E-state index contributed by atoms with van der Waals surface area (Å²) in [6.45, 7) is -0.00255. The van der Waals surface area contributed by atoms with Crippen LogP contribution in [0.3, 0.4) is 0 Å². The van der Waals surface area contributed by atoms with E-state index < -0.39 is 0 Å². The maximum absolute atomic E-state index is 12.3. The molecular weight excluding hydrogens is 396 g/mol. The first-order chi connectivity index (χ1) is 15.0. The molecule has 154 valence electrons. The lowest BCUT2D eigenvalue weighted by molar-refractivity contribution is -0.116. The van der Waals surface area contributed by atoms with Crippen molar-refractivity contribution in [1.82, 2.24) is 9.88 Å². The van der Waals surface area contributed by atoms with E-state index in [1.54, 1.807) is 66.9 Å². The van der Waals surface area contributed by atoms with Crippen LogP contribution in [0.2, 0.25) is 0 Å². The van der Waals surface area contributed by atoms with Gasteiger partial charge < -0.3 is 10.6 Å². The number of imide groups is 1. The molecule has 2 N–H and O–H groups in total. The maximum Gasteiger partial charge on any atom is 0.261 e. The molecule has 0 spiro atoms. The standard InChI is InChI=1S/C23H18N4O4/c28-20(11-13-27-22(30)18-5-1-2-6-19(18)23(27)31)25-16-7-9-17(10-8-16)26-21(29)15-4-3-12-24-14-15/h1-10,12,14H,11,13H2,(H,25,28)(H,26,29). The quantitative estimate of drug-likeness (QED) is 0.603. The zero-order chi connectivity index (χ0) is 21.8. The van der Waals surface area contributed by atoms with Crippen molar-refractivity contribution in [3.8, 4) is 0 Å². The van der Waals surface area contributed by atoms with Crippen molar-refractivity contribution in [2.75, 3.05) is 17.2 Å². The van der Waals surface area contributed by atoms with Crippen LogP contribution in [0.1, 0.15) is 37.5 Å². The van der Waals surface area contributed by atoms with E-state index in [4.69, 9.17) is 0 Å². The molecule has 2 heterocycles. The Morgan fingerprint density at radius 2 is 1.42 bits per heavy atom. The largest absolute Gasteiger partial charge is 0.326 e. The van der Waals surface area contributed by atoms with Crippen LogP contribution in [0.15, 0.2) is 73.1 Å². The highest BCUT2D eigenvalue weighted by Gasteiger charge is 2.34. The molecule has 0 fully saturated rings. The van der Waals surface area contributed by atoms with Crippen LogP contribution in [-0.2, 0) is 4.79 Å². The number of nitrogens with zero attached hydrogens (tertiary/aromatic N) is 2. The summed E-state index contributed by atoms with van der Waals surface area (Å²) in [5, 5.41) is 5.46. The smallest absolute Gasteiger partial charge is 0.261 e. The summed E-state index contributed by atoms with van der Waals surface area (Å²) < 4.78 is 0. The summed E-state index contributed by atoms with van der Waals surface area (Å²) in [4.78, 5) is 54.1. The number of hydrogen-bond acceptors (Lipinski definition) is 5. The van der Waals surface area contributed by atoms with Gasteiger partial charge in [-0.3, -0.25) is 29.1 Å². The highest BCUT2D eigenvalue weighted by Crippen LogP contribution is 2.22. The molecule has 4 rings (SSSR count). The number of rotatable bonds is 6. The van der Waals surface area contributed by atoms with E-state index in [0.29, 0.717) is 28.1 Å². The molecule has 4 amide bonds. The second-order valence-corrected chi connectivity index (χ2v) is 6.88. The van der Waals surface area contributed by atoms with Crippen LogP contribution in [0.25, 0.3) is 0 Å². The Balaban J connectivity index is 1.30. The number of hydrogen-bond donors (Lipinski definition) is 2. The fraction of sp³-hybridized carbons (Fsp3) is 0.0870. The third-order valence-corrected chi connectivity index (χ3v) is 4.79. The molecule has 3 aromatic rings. The molecule has 31 heavy (non-hydrogen) atoms. The van der Waals surface area contributed by atoms with Crippen LogP contribution in [0.4, 0.5) is 11.4 Å². The lowest BCUT2D eigenvalue weighted by Gasteiger charge is -2.13. The second kappa shape index (κ2) is 8.58. The van der Waals surface area contributed by atoms with Gasteiger partial charge in [0.15, 0.2) is 0 Å². The molecule has 2 aromatic carbocycles. The number of anilines is 2. The van der Waals surface area contributed by atoms with E-state index in [9.17, 15) is 19.2 Å². The van der Waals surface area contributed by atoms with E-state index in [2.05, 4.69) is 15.6 Å². The van der Waals surface area contributed by atoms with Crippen molar-refractivity contribution < 1.29 is 19.2 Å². The number of aromatic nitrogens is 1. The molecule has 8 nitrogen and oxygen atoms in total. The van der Waals surface area contributed by atoms with Crippen LogP contribution in [0, 0.1) is 0 Å². The number of fused-ring (bicyclic) bond motifs is 1. The van der Waals surface area contributed by atoms with Gasteiger partial charge in [-0.05, 0) is 48.5 Å². The lowest BCUT2D eigenvalue weighted by atomic mass is 10.1. The summed E-state index contributed by atoms with van der Waals surface area (Å²) in [7, 11) is 0.